The smallest absolute Gasteiger partial charge is 0.410 e. The summed E-state index contributed by atoms with van der Waals surface area (Å²) < 4.78 is 6.29. The molecule has 8 heteroatoms. The van der Waals surface area contributed by atoms with Crippen LogP contribution in [0.5, 0.6) is 5.75 Å². The number of carbonyl (C=O) groups excluding carboxylic acids is 1. The molecule has 1 amide bonds. The van der Waals surface area contributed by atoms with Crippen LogP contribution in [0.4, 0.5) is 10.5 Å². The van der Waals surface area contributed by atoms with E-state index in [2.05, 4.69) is 4.98 Å². The summed E-state index contributed by atoms with van der Waals surface area (Å²) in [6.07, 6.45) is 0.823. The Balaban J connectivity index is 1.76. The number of phenols is 1. The minimum Gasteiger partial charge on any atom is -0.506 e. The summed E-state index contributed by atoms with van der Waals surface area (Å²) in [5.74, 6) is 0.0412. The molecule has 0 aliphatic rings. The van der Waals surface area contributed by atoms with E-state index in [4.69, 9.17) is 10.5 Å². The number of aromatic hydroxyl groups is 1. The van der Waals surface area contributed by atoms with Crippen molar-refractivity contribution in [2.24, 2.45) is 0 Å². The molecule has 0 aliphatic heterocycles. The van der Waals surface area contributed by atoms with E-state index in [9.17, 15) is 14.7 Å². The molecule has 0 spiro atoms. The molecular weight excluding hydrogens is 402 g/mol. The maximum Gasteiger partial charge on any atom is 0.410 e. The monoisotopic (exact) mass is 429 g/mol. The molecule has 1 heterocycles. The molecule has 0 unspecified atom stereocenters. The lowest BCUT2D eigenvalue weighted by Gasteiger charge is -2.27. The van der Waals surface area contributed by atoms with Gasteiger partial charge in [-0.05, 0) is 62.9 Å². The fourth-order valence-electron chi connectivity index (χ4n) is 3.09. The van der Waals surface area contributed by atoms with Crippen molar-refractivity contribution in [2.75, 3.05) is 18.8 Å². The summed E-state index contributed by atoms with van der Waals surface area (Å²) in [4.78, 5) is 28.6. The Bertz CT molecular complexity index is 1080. The highest BCUT2D eigenvalue weighted by atomic mass is 32.1. The van der Waals surface area contributed by atoms with Gasteiger partial charge in [0.2, 0.25) is 0 Å². The van der Waals surface area contributed by atoms with E-state index >= 15 is 0 Å². The van der Waals surface area contributed by atoms with Crippen molar-refractivity contribution in [3.8, 4) is 5.75 Å². The number of benzene rings is 2. The number of hydrogen-bond acceptors (Lipinski definition) is 6. The fraction of sp³-hybridized carbons (Fsp3) is 0.364. The van der Waals surface area contributed by atoms with Crippen LogP contribution in [0.1, 0.15) is 31.9 Å². The van der Waals surface area contributed by atoms with Crippen LogP contribution in [-0.4, -0.2) is 39.8 Å². The van der Waals surface area contributed by atoms with Crippen LogP contribution in [0.25, 0.3) is 10.2 Å². The van der Waals surface area contributed by atoms with E-state index in [0.717, 1.165) is 22.5 Å². The number of thiazole rings is 1. The molecule has 0 aliphatic carbocycles. The van der Waals surface area contributed by atoms with Gasteiger partial charge < -0.3 is 25.5 Å². The summed E-state index contributed by atoms with van der Waals surface area (Å²) in [5.41, 5.74) is 8.26. The minimum atomic E-state index is -0.595. The second-order valence-corrected chi connectivity index (χ2v) is 9.15. The molecule has 2 aromatic carbocycles. The molecule has 0 radical (unpaired) electrons. The number of anilines is 1. The quantitative estimate of drug-likeness (QED) is 0.515. The lowest BCUT2D eigenvalue weighted by molar-refractivity contribution is 0.0254. The summed E-state index contributed by atoms with van der Waals surface area (Å²) in [6.45, 7) is 6.43. The van der Waals surface area contributed by atoms with Crippen LogP contribution in [0.15, 0.2) is 41.2 Å². The first-order valence-electron chi connectivity index (χ1n) is 9.78. The lowest BCUT2D eigenvalue weighted by Crippen LogP contribution is -2.39. The highest BCUT2D eigenvalue weighted by Gasteiger charge is 2.22. The molecule has 0 fully saturated rings. The van der Waals surface area contributed by atoms with Gasteiger partial charge in [0.1, 0.15) is 16.9 Å². The third-order valence-electron chi connectivity index (χ3n) is 4.59. The highest BCUT2D eigenvalue weighted by Crippen LogP contribution is 2.28. The predicted molar refractivity (Wildman–Crippen MR) is 120 cm³/mol. The third-order valence-corrected chi connectivity index (χ3v) is 5.55. The maximum absolute atomic E-state index is 12.8. The van der Waals surface area contributed by atoms with Gasteiger partial charge in [0.15, 0.2) is 0 Å². The first kappa shape index (κ1) is 21.7. The SMILES string of the molecule is CC(C)(C)OC(=O)N(CCc1ccc(N)cc1)CCc1ccc(O)c2[nH]c(=O)sc12. The van der Waals surface area contributed by atoms with Crippen molar-refractivity contribution in [1.29, 1.82) is 0 Å². The highest BCUT2D eigenvalue weighted by molar-refractivity contribution is 7.16. The largest absolute Gasteiger partial charge is 0.506 e. The molecule has 0 atom stereocenters. The van der Waals surface area contributed by atoms with Crippen molar-refractivity contribution >= 4 is 33.3 Å². The zero-order valence-electron chi connectivity index (χ0n) is 17.4. The number of nitrogens with zero attached hydrogens (tertiary/aromatic N) is 1. The van der Waals surface area contributed by atoms with Gasteiger partial charge in [0.25, 0.3) is 0 Å². The van der Waals surface area contributed by atoms with E-state index in [-0.39, 0.29) is 16.7 Å². The number of rotatable bonds is 6. The Morgan fingerprint density at radius 1 is 1.13 bits per heavy atom. The fourth-order valence-corrected chi connectivity index (χ4v) is 3.99. The van der Waals surface area contributed by atoms with Gasteiger partial charge in [-0.25, -0.2) is 4.79 Å². The first-order valence-corrected chi connectivity index (χ1v) is 10.6. The van der Waals surface area contributed by atoms with E-state index in [1.807, 2.05) is 45.0 Å². The number of phenolic OH excluding ortho intramolecular Hbond substituents is 1. The molecule has 0 saturated heterocycles. The Morgan fingerprint density at radius 3 is 2.47 bits per heavy atom. The molecule has 1 aromatic heterocycles. The van der Waals surface area contributed by atoms with Crippen molar-refractivity contribution in [2.45, 2.75) is 39.2 Å². The number of nitrogens with one attached hydrogen (secondary N) is 1. The summed E-state index contributed by atoms with van der Waals surface area (Å²) in [7, 11) is 0. The molecule has 30 heavy (non-hydrogen) atoms. The second kappa shape index (κ2) is 8.79. The van der Waals surface area contributed by atoms with E-state index in [1.165, 1.54) is 0 Å². The van der Waals surface area contributed by atoms with Crippen LogP contribution in [0, 0.1) is 0 Å². The Morgan fingerprint density at radius 2 is 1.80 bits per heavy atom. The number of nitrogen functional groups attached to an aromatic ring is 1. The number of H-pyrrole nitrogens is 1. The molecule has 160 valence electrons. The van der Waals surface area contributed by atoms with Gasteiger partial charge in [0.05, 0.1) is 4.70 Å². The van der Waals surface area contributed by atoms with Crippen molar-refractivity contribution < 1.29 is 14.6 Å². The molecule has 0 bridgehead atoms. The predicted octanol–water partition coefficient (Wildman–Crippen LogP) is 3.90. The summed E-state index contributed by atoms with van der Waals surface area (Å²) in [6, 6.07) is 10.9. The molecule has 3 aromatic rings. The van der Waals surface area contributed by atoms with Crippen LogP contribution in [0.3, 0.4) is 0 Å². The lowest BCUT2D eigenvalue weighted by atomic mass is 10.1. The maximum atomic E-state index is 12.8. The summed E-state index contributed by atoms with van der Waals surface area (Å²) >= 11 is 1.06. The Labute approximate surface area is 179 Å². The zero-order valence-corrected chi connectivity index (χ0v) is 18.2. The summed E-state index contributed by atoms with van der Waals surface area (Å²) in [5, 5.41) is 9.98. The van der Waals surface area contributed by atoms with E-state index in [0.29, 0.717) is 41.8 Å². The minimum absolute atomic E-state index is 0.0412. The van der Waals surface area contributed by atoms with Gasteiger partial charge in [-0.2, -0.15) is 0 Å². The van der Waals surface area contributed by atoms with Crippen LogP contribution >= 0.6 is 11.3 Å². The van der Waals surface area contributed by atoms with Crippen LogP contribution in [0.2, 0.25) is 0 Å². The number of amides is 1. The first-order chi connectivity index (χ1) is 14.1. The van der Waals surface area contributed by atoms with E-state index < -0.39 is 5.60 Å². The topological polar surface area (TPSA) is 109 Å². The standard InChI is InChI=1S/C22H27N3O4S/c1-22(2,3)29-21(28)25(12-10-14-4-7-16(23)8-5-14)13-11-15-6-9-17(26)18-19(15)30-20(27)24-18/h4-9,26H,10-13,23H2,1-3H3,(H,24,27). The van der Waals surface area contributed by atoms with Gasteiger partial charge in [-0.3, -0.25) is 4.79 Å². The second-order valence-electron chi connectivity index (χ2n) is 8.17. The molecule has 3 rings (SSSR count). The van der Waals surface area contributed by atoms with Gasteiger partial charge in [-0.15, -0.1) is 0 Å². The number of aromatic amines is 1. The van der Waals surface area contributed by atoms with Gasteiger partial charge >= 0.3 is 11.0 Å². The zero-order chi connectivity index (χ0) is 21.9. The number of aromatic nitrogens is 1. The number of nitrogens with two attached hydrogens (primary N) is 1. The van der Waals surface area contributed by atoms with Crippen molar-refractivity contribution in [3.63, 3.8) is 0 Å². The Kier molecular flexibility index (Phi) is 6.36. The number of fused-ring (bicyclic) bond motifs is 1. The number of carbonyl (C=O) groups is 1. The van der Waals surface area contributed by atoms with Gasteiger partial charge in [-0.1, -0.05) is 29.5 Å². The Hall–Kier alpha value is -3.00. The van der Waals surface area contributed by atoms with Gasteiger partial charge in [0, 0.05) is 18.8 Å². The van der Waals surface area contributed by atoms with E-state index in [1.54, 1.807) is 17.0 Å². The average Bonchev–Trinajstić information content (AvgIpc) is 3.06. The number of hydrogen-bond donors (Lipinski definition) is 3. The molecular formula is C22H27N3O4S. The number of ether oxygens (including phenoxy) is 1. The van der Waals surface area contributed by atoms with Crippen molar-refractivity contribution in [3.05, 3.63) is 57.2 Å². The molecule has 7 nitrogen and oxygen atoms in total. The third kappa shape index (κ3) is 5.54. The normalized spacial score (nSPS) is 11.6. The van der Waals surface area contributed by atoms with Crippen LogP contribution in [-0.2, 0) is 17.6 Å². The molecule has 0 saturated carbocycles. The van der Waals surface area contributed by atoms with Crippen molar-refractivity contribution in [1.82, 2.24) is 9.88 Å². The van der Waals surface area contributed by atoms with Crippen LogP contribution < -0.4 is 10.6 Å². The average molecular weight is 430 g/mol. The molecule has 4 N–H and O–H groups in total.